The monoisotopic (exact) mass is 307 g/mol. The van der Waals surface area contributed by atoms with E-state index in [0.29, 0.717) is 16.0 Å². The number of nitrogens with two attached hydrogens (primary N) is 1. The van der Waals surface area contributed by atoms with Gasteiger partial charge in [-0.3, -0.25) is 0 Å². The van der Waals surface area contributed by atoms with Crippen LogP contribution in [0.25, 0.3) is 0 Å². The lowest BCUT2D eigenvalue weighted by Gasteiger charge is -2.08. The Morgan fingerprint density at radius 1 is 1.26 bits per heavy atom. The van der Waals surface area contributed by atoms with Gasteiger partial charge in [0.15, 0.2) is 0 Å². The molecule has 98 valence electrons. The molecular weight excluding hydrogens is 294 g/mol. The number of halogens is 1. The van der Waals surface area contributed by atoms with Crippen molar-refractivity contribution < 1.29 is 0 Å². The Morgan fingerprint density at radius 3 is 2.89 bits per heavy atom. The van der Waals surface area contributed by atoms with Crippen LogP contribution in [0.3, 0.4) is 0 Å². The molecule has 0 spiro atoms. The van der Waals surface area contributed by atoms with Gasteiger partial charge in [-0.05, 0) is 36.2 Å². The van der Waals surface area contributed by atoms with Crippen LogP contribution in [0.4, 0.5) is 5.69 Å². The van der Waals surface area contributed by atoms with Crippen LogP contribution in [0.15, 0.2) is 52.3 Å². The number of rotatable bonds is 3. The Bertz CT molecular complexity index is 575. The van der Waals surface area contributed by atoms with Crippen molar-refractivity contribution in [2.75, 3.05) is 11.5 Å². The first-order valence-corrected chi connectivity index (χ1v) is 8.39. The molecule has 1 aliphatic rings. The molecule has 0 fully saturated rings. The van der Waals surface area contributed by atoms with Crippen LogP contribution >= 0.6 is 35.1 Å². The molecule has 2 N–H and O–H groups in total. The smallest absolute Gasteiger partial charge is 0.0646 e. The fourth-order valence-electron chi connectivity index (χ4n) is 2.13. The van der Waals surface area contributed by atoms with E-state index < -0.39 is 0 Å². The molecule has 3 rings (SSSR count). The molecule has 0 saturated heterocycles. The fourth-order valence-corrected chi connectivity index (χ4v) is 4.80. The zero-order chi connectivity index (χ0) is 13.2. The Labute approximate surface area is 126 Å². The first-order chi connectivity index (χ1) is 9.22. The van der Waals surface area contributed by atoms with Gasteiger partial charge < -0.3 is 5.73 Å². The zero-order valence-electron chi connectivity index (χ0n) is 10.3. The zero-order valence-corrected chi connectivity index (χ0v) is 12.7. The first kappa shape index (κ1) is 13.2. The number of thioether (sulfide) groups is 2. The molecule has 2 aromatic rings. The van der Waals surface area contributed by atoms with Gasteiger partial charge in [-0.25, -0.2) is 0 Å². The van der Waals surface area contributed by atoms with Crippen LogP contribution in [-0.2, 0) is 6.42 Å². The lowest BCUT2D eigenvalue weighted by atomic mass is 10.1. The molecule has 4 heteroatoms. The second-order valence-electron chi connectivity index (χ2n) is 4.55. The van der Waals surface area contributed by atoms with Crippen molar-refractivity contribution in [3.05, 3.63) is 53.1 Å². The number of benzene rings is 2. The van der Waals surface area contributed by atoms with Gasteiger partial charge in [0.05, 0.1) is 10.7 Å². The van der Waals surface area contributed by atoms with Gasteiger partial charge in [-0.1, -0.05) is 29.8 Å². The summed E-state index contributed by atoms with van der Waals surface area (Å²) in [6.07, 6.45) is 1.16. The van der Waals surface area contributed by atoms with Crippen LogP contribution < -0.4 is 5.73 Å². The normalized spacial score (nSPS) is 17.4. The van der Waals surface area contributed by atoms with E-state index in [2.05, 4.69) is 24.3 Å². The molecule has 19 heavy (non-hydrogen) atoms. The van der Waals surface area contributed by atoms with E-state index in [-0.39, 0.29) is 0 Å². The third-order valence-electron chi connectivity index (χ3n) is 3.12. The number of anilines is 1. The maximum atomic E-state index is 6.04. The fraction of sp³-hybridized carbons (Fsp3) is 0.200. The molecule has 1 nitrogen and oxygen atoms in total. The van der Waals surface area contributed by atoms with Crippen molar-refractivity contribution in [3.63, 3.8) is 0 Å². The van der Waals surface area contributed by atoms with Crippen molar-refractivity contribution in [2.24, 2.45) is 0 Å². The predicted octanol–water partition coefficient (Wildman–Crippen LogP) is 4.73. The highest BCUT2D eigenvalue weighted by atomic mass is 35.5. The average Bonchev–Trinajstić information content (AvgIpc) is 2.83. The number of nitrogen functional groups attached to an aromatic ring is 1. The van der Waals surface area contributed by atoms with E-state index in [1.54, 1.807) is 0 Å². The van der Waals surface area contributed by atoms with Gasteiger partial charge in [0.1, 0.15) is 0 Å². The Balaban J connectivity index is 1.61. The van der Waals surface area contributed by atoms with Crippen LogP contribution in [0, 0.1) is 0 Å². The van der Waals surface area contributed by atoms with Crippen LogP contribution in [-0.4, -0.2) is 11.0 Å². The Kier molecular flexibility index (Phi) is 3.96. The second kappa shape index (κ2) is 5.70. The summed E-state index contributed by atoms with van der Waals surface area (Å²) in [6.45, 7) is 0. The highest BCUT2D eigenvalue weighted by Gasteiger charge is 2.21. The first-order valence-electron chi connectivity index (χ1n) is 6.15. The molecule has 0 bridgehead atoms. The van der Waals surface area contributed by atoms with Crippen molar-refractivity contribution in [1.29, 1.82) is 0 Å². The molecule has 1 unspecified atom stereocenters. The van der Waals surface area contributed by atoms with Crippen molar-refractivity contribution >= 4 is 40.8 Å². The van der Waals surface area contributed by atoms with Gasteiger partial charge in [-0.15, -0.1) is 23.5 Å². The van der Waals surface area contributed by atoms with Gasteiger partial charge in [0.25, 0.3) is 0 Å². The average molecular weight is 308 g/mol. The van der Waals surface area contributed by atoms with Crippen LogP contribution in [0.2, 0.25) is 5.02 Å². The number of fused-ring (bicyclic) bond motifs is 1. The quantitative estimate of drug-likeness (QED) is 0.655. The molecule has 0 aliphatic carbocycles. The van der Waals surface area contributed by atoms with Crippen LogP contribution in [0.5, 0.6) is 0 Å². The minimum Gasteiger partial charge on any atom is -0.398 e. The summed E-state index contributed by atoms with van der Waals surface area (Å²) in [7, 11) is 0. The minimum absolute atomic E-state index is 0.646. The molecular formula is C15H14ClNS2. The van der Waals surface area contributed by atoms with Crippen molar-refractivity contribution in [1.82, 2.24) is 0 Å². The van der Waals surface area contributed by atoms with Gasteiger partial charge in [0, 0.05) is 20.8 Å². The Hall–Kier alpha value is -0.770. The number of hydrogen-bond acceptors (Lipinski definition) is 3. The molecule has 0 radical (unpaired) electrons. The summed E-state index contributed by atoms with van der Waals surface area (Å²) in [6, 6.07) is 14.5. The second-order valence-corrected chi connectivity index (χ2v) is 7.39. The molecule has 1 heterocycles. The van der Waals surface area contributed by atoms with Gasteiger partial charge in [0.2, 0.25) is 0 Å². The molecule has 0 aromatic heterocycles. The highest BCUT2D eigenvalue weighted by Crippen LogP contribution is 2.39. The third kappa shape index (κ3) is 3.04. The lowest BCUT2D eigenvalue weighted by molar-refractivity contribution is 0.970. The minimum atomic E-state index is 0.646. The molecule has 1 atom stereocenters. The SMILES string of the molecule is Nc1ccc(SCC2Cc3ccccc3S2)cc1Cl. The molecule has 0 saturated carbocycles. The van der Waals surface area contributed by atoms with E-state index in [0.717, 1.165) is 12.2 Å². The van der Waals surface area contributed by atoms with Crippen LogP contribution in [0.1, 0.15) is 5.56 Å². The molecule has 1 aliphatic heterocycles. The Morgan fingerprint density at radius 2 is 2.11 bits per heavy atom. The topological polar surface area (TPSA) is 26.0 Å². The largest absolute Gasteiger partial charge is 0.398 e. The lowest BCUT2D eigenvalue weighted by Crippen LogP contribution is -2.03. The third-order valence-corrected chi connectivity index (χ3v) is 6.14. The van der Waals surface area contributed by atoms with E-state index in [9.17, 15) is 0 Å². The van der Waals surface area contributed by atoms with E-state index in [1.165, 1.54) is 15.4 Å². The summed E-state index contributed by atoms with van der Waals surface area (Å²) < 4.78 is 0. The summed E-state index contributed by atoms with van der Waals surface area (Å²) in [5.74, 6) is 1.10. The molecule has 0 amide bonds. The van der Waals surface area contributed by atoms with E-state index in [1.807, 2.05) is 41.7 Å². The van der Waals surface area contributed by atoms with E-state index >= 15 is 0 Å². The van der Waals surface area contributed by atoms with E-state index in [4.69, 9.17) is 17.3 Å². The highest BCUT2D eigenvalue weighted by molar-refractivity contribution is 8.03. The summed E-state index contributed by atoms with van der Waals surface area (Å²) >= 11 is 9.87. The predicted molar refractivity (Wildman–Crippen MR) is 86.4 cm³/mol. The van der Waals surface area contributed by atoms with Gasteiger partial charge >= 0.3 is 0 Å². The maximum absolute atomic E-state index is 6.04. The van der Waals surface area contributed by atoms with Gasteiger partial charge in [-0.2, -0.15) is 0 Å². The standard InChI is InChI=1S/C15H14ClNS2/c16-13-8-11(5-6-14(13)17)18-9-12-7-10-3-1-2-4-15(10)19-12/h1-6,8,12H,7,9,17H2. The summed E-state index contributed by atoms with van der Waals surface area (Å²) in [4.78, 5) is 2.62. The van der Waals surface area contributed by atoms with Crippen molar-refractivity contribution in [3.8, 4) is 0 Å². The summed E-state index contributed by atoms with van der Waals surface area (Å²) in [5.41, 5.74) is 7.85. The summed E-state index contributed by atoms with van der Waals surface area (Å²) in [5, 5.41) is 1.30. The van der Waals surface area contributed by atoms with Crippen molar-refractivity contribution in [2.45, 2.75) is 21.5 Å². The number of hydrogen-bond donors (Lipinski definition) is 1. The maximum Gasteiger partial charge on any atom is 0.0646 e. The molecule has 2 aromatic carbocycles.